The molecule has 0 aromatic heterocycles. The second-order valence-electron chi connectivity index (χ2n) is 8.48. The normalized spacial score (nSPS) is 14.1. The number of carboxylic acid groups (broad SMARTS) is 1. The number of benzene rings is 3. The summed E-state index contributed by atoms with van der Waals surface area (Å²) < 4.78 is 11.2. The van der Waals surface area contributed by atoms with E-state index in [1.807, 2.05) is 60.7 Å². The van der Waals surface area contributed by atoms with E-state index in [9.17, 15) is 14.7 Å². The van der Waals surface area contributed by atoms with Gasteiger partial charge in [-0.15, -0.1) is 11.8 Å². The van der Waals surface area contributed by atoms with Crippen molar-refractivity contribution in [1.82, 2.24) is 0 Å². The van der Waals surface area contributed by atoms with Gasteiger partial charge in [0.15, 0.2) is 6.10 Å². The first-order chi connectivity index (χ1) is 18.5. The Morgan fingerprint density at radius 2 is 1.84 bits per heavy atom. The smallest absolute Gasteiger partial charge is 0.333 e. The van der Waals surface area contributed by atoms with Gasteiger partial charge in [-0.1, -0.05) is 53.7 Å². The highest BCUT2D eigenvalue weighted by Crippen LogP contribution is 2.36. The largest absolute Gasteiger partial charge is 0.492 e. The van der Waals surface area contributed by atoms with Crippen LogP contribution in [-0.2, 0) is 25.6 Å². The molecule has 9 heteroatoms. The molecule has 0 radical (unpaired) electrons. The number of hydrogen-bond donors (Lipinski definition) is 1. The Morgan fingerprint density at radius 1 is 1.08 bits per heavy atom. The molecule has 0 saturated carbocycles. The van der Waals surface area contributed by atoms with E-state index >= 15 is 0 Å². The van der Waals surface area contributed by atoms with E-state index in [0.29, 0.717) is 31.3 Å². The van der Waals surface area contributed by atoms with Crippen molar-refractivity contribution in [2.24, 2.45) is 5.16 Å². The maximum atomic E-state index is 12.7. The minimum absolute atomic E-state index is 0.0266. The number of anilines is 1. The van der Waals surface area contributed by atoms with Crippen molar-refractivity contribution >= 4 is 35.0 Å². The van der Waals surface area contributed by atoms with Crippen LogP contribution in [0.4, 0.5) is 5.69 Å². The summed E-state index contributed by atoms with van der Waals surface area (Å²) in [5, 5.41) is 13.5. The summed E-state index contributed by atoms with van der Waals surface area (Å²) in [4.78, 5) is 31.9. The summed E-state index contributed by atoms with van der Waals surface area (Å²) in [5.74, 6) is 0.0391. The van der Waals surface area contributed by atoms with Crippen LogP contribution in [0.3, 0.4) is 0 Å². The summed E-state index contributed by atoms with van der Waals surface area (Å²) in [7, 11) is 1.53. The highest BCUT2D eigenvalue weighted by atomic mass is 32.2. The molecule has 3 aromatic rings. The number of aliphatic carboxylic acids is 1. The van der Waals surface area contributed by atoms with Crippen molar-refractivity contribution < 1.29 is 29.0 Å². The van der Waals surface area contributed by atoms with Gasteiger partial charge in [0, 0.05) is 29.1 Å². The first-order valence-corrected chi connectivity index (χ1v) is 13.3. The minimum atomic E-state index is -0.980. The van der Waals surface area contributed by atoms with Gasteiger partial charge in [0.1, 0.15) is 25.2 Å². The molecule has 3 aromatic carbocycles. The fourth-order valence-corrected chi connectivity index (χ4v) is 5.14. The number of carboxylic acids is 1. The third-order valence-corrected chi connectivity index (χ3v) is 7.01. The number of oxime groups is 1. The summed E-state index contributed by atoms with van der Waals surface area (Å²) in [5.41, 5.74) is 4.26. The molecule has 38 heavy (non-hydrogen) atoms. The fraction of sp³-hybridized carbons (Fsp3) is 0.276. The lowest BCUT2D eigenvalue weighted by Gasteiger charge is -2.29. The molecular weight excluding hydrogens is 504 g/mol. The number of rotatable bonds is 12. The van der Waals surface area contributed by atoms with Gasteiger partial charge in [0.25, 0.3) is 0 Å². The van der Waals surface area contributed by atoms with E-state index in [4.69, 9.17) is 14.3 Å². The van der Waals surface area contributed by atoms with Crippen LogP contribution in [0.1, 0.15) is 23.6 Å². The Balaban J connectivity index is 1.41. The molecule has 4 rings (SSSR count). The van der Waals surface area contributed by atoms with Crippen molar-refractivity contribution in [2.45, 2.75) is 24.3 Å². The predicted octanol–water partition coefficient (Wildman–Crippen LogP) is 4.64. The average molecular weight is 535 g/mol. The van der Waals surface area contributed by atoms with Gasteiger partial charge in [0.05, 0.1) is 18.0 Å². The number of thioether (sulfide) groups is 1. The van der Waals surface area contributed by atoms with Gasteiger partial charge in [-0.3, -0.25) is 4.79 Å². The van der Waals surface area contributed by atoms with E-state index in [0.717, 1.165) is 33.0 Å². The maximum absolute atomic E-state index is 12.7. The van der Waals surface area contributed by atoms with E-state index in [2.05, 4.69) is 5.16 Å². The Kier molecular flexibility index (Phi) is 9.40. The Bertz CT molecular complexity index is 1280. The number of amides is 1. The van der Waals surface area contributed by atoms with Crippen molar-refractivity contribution in [2.75, 3.05) is 37.5 Å². The van der Waals surface area contributed by atoms with Crippen LogP contribution in [0.15, 0.2) is 82.8 Å². The van der Waals surface area contributed by atoms with Gasteiger partial charge in [-0.05, 0) is 36.8 Å². The summed E-state index contributed by atoms with van der Waals surface area (Å²) in [6.07, 6.45) is -0.594. The molecule has 0 spiro atoms. The molecule has 1 amide bonds. The summed E-state index contributed by atoms with van der Waals surface area (Å²) >= 11 is 1.51. The van der Waals surface area contributed by atoms with Gasteiger partial charge >= 0.3 is 5.97 Å². The predicted molar refractivity (Wildman–Crippen MR) is 147 cm³/mol. The standard InChI is InChI=1S/C29H30N2O6S/c1-3-36-25(29(33)34)17-20-9-12-23(13-10-20)37-16-15-31-24-14-11-22(18-26(24)38-19-27(31)32)28(30-35-2)21-7-5-4-6-8-21/h4-14,18,25H,3,15-17,19H2,1-2H3,(H,33,34)/b30-28+. The van der Waals surface area contributed by atoms with E-state index in [1.54, 1.807) is 24.0 Å². The molecular formula is C29H30N2O6S. The Hall–Kier alpha value is -3.82. The van der Waals surface area contributed by atoms with Gasteiger partial charge in [-0.2, -0.15) is 0 Å². The number of fused-ring (bicyclic) bond motifs is 1. The zero-order chi connectivity index (χ0) is 26.9. The summed E-state index contributed by atoms with van der Waals surface area (Å²) in [6, 6.07) is 23.0. The van der Waals surface area contributed by atoms with Crippen LogP contribution in [0.25, 0.3) is 0 Å². The number of hydrogen-bond acceptors (Lipinski definition) is 7. The van der Waals surface area contributed by atoms with Crippen molar-refractivity contribution in [3.05, 3.63) is 89.5 Å². The highest BCUT2D eigenvalue weighted by molar-refractivity contribution is 8.00. The molecule has 0 saturated heterocycles. The van der Waals surface area contributed by atoms with E-state index in [-0.39, 0.29) is 12.3 Å². The third kappa shape index (κ3) is 6.73. The quantitative estimate of drug-likeness (QED) is 0.267. The number of nitrogens with zero attached hydrogens (tertiary/aromatic N) is 2. The monoisotopic (exact) mass is 534 g/mol. The van der Waals surface area contributed by atoms with Crippen molar-refractivity contribution in [3.63, 3.8) is 0 Å². The molecule has 1 atom stereocenters. The first kappa shape index (κ1) is 27.2. The topological polar surface area (TPSA) is 97.7 Å². The van der Waals surface area contributed by atoms with Gasteiger partial charge in [0.2, 0.25) is 5.91 Å². The van der Waals surface area contributed by atoms with Gasteiger partial charge in [-0.25, -0.2) is 4.79 Å². The lowest BCUT2D eigenvalue weighted by molar-refractivity contribution is -0.149. The molecule has 1 aliphatic heterocycles. The molecule has 0 aliphatic carbocycles. The number of ether oxygens (including phenoxy) is 2. The fourth-order valence-electron chi connectivity index (χ4n) is 4.17. The lowest BCUT2D eigenvalue weighted by Crippen LogP contribution is -2.38. The lowest BCUT2D eigenvalue weighted by atomic mass is 10.0. The second kappa shape index (κ2) is 13.1. The highest BCUT2D eigenvalue weighted by Gasteiger charge is 2.26. The molecule has 1 aliphatic rings. The molecule has 8 nitrogen and oxygen atoms in total. The van der Waals surface area contributed by atoms with Crippen molar-refractivity contribution in [1.29, 1.82) is 0 Å². The number of carbonyl (C=O) groups is 2. The van der Waals surface area contributed by atoms with Crippen molar-refractivity contribution in [3.8, 4) is 5.75 Å². The molecule has 0 bridgehead atoms. The molecule has 198 valence electrons. The third-order valence-electron chi connectivity index (χ3n) is 5.98. The van der Waals surface area contributed by atoms with Crippen LogP contribution in [0.2, 0.25) is 0 Å². The van der Waals surface area contributed by atoms with Crippen LogP contribution >= 0.6 is 11.8 Å². The molecule has 1 heterocycles. The number of carbonyl (C=O) groups excluding carboxylic acids is 1. The zero-order valence-corrected chi connectivity index (χ0v) is 22.1. The zero-order valence-electron chi connectivity index (χ0n) is 21.3. The molecule has 1 N–H and O–H groups in total. The van der Waals surface area contributed by atoms with Crippen LogP contribution < -0.4 is 9.64 Å². The van der Waals surface area contributed by atoms with Crippen LogP contribution in [-0.4, -0.2) is 61.4 Å². The first-order valence-electron chi connectivity index (χ1n) is 12.3. The minimum Gasteiger partial charge on any atom is -0.492 e. The molecule has 0 fully saturated rings. The average Bonchev–Trinajstić information content (AvgIpc) is 2.93. The second-order valence-corrected chi connectivity index (χ2v) is 9.50. The Morgan fingerprint density at radius 3 is 2.53 bits per heavy atom. The Labute approximate surface area is 226 Å². The van der Waals surface area contributed by atoms with E-state index in [1.165, 1.54) is 18.9 Å². The van der Waals surface area contributed by atoms with Gasteiger partial charge < -0.3 is 24.3 Å². The van der Waals surface area contributed by atoms with E-state index < -0.39 is 12.1 Å². The van der Waals surface area contributed by atoms with Crippen LogP contribution in [0.5, 0.6) is 5.75 Å². The molecule has 1 unspecified atom stereocenters. The SMILES string of the molecule is CCOC(Cc1ccc(OCCN2C(=O)CSc3cc(/C(=N/OC)c4ccccc4)ccc32)cc1)C(=O)O. The van der Waals surface area contributed by atoms with Crippen LogP contribution in [0, 0.1) is 0 Å². The maximum Gasteiger partial charge on any atom is 0.333 e. The summed E-state index contributed by atoms with van der Waals surface area (Å²) in [6.45, 7) is 2.82.